The zero-order valence-corrected chi connectivity index (χ0v) is 10.2. The normalized spacial score (nSPS) is 13.1. The minimum Gasteiger partial charge on any atom is -0.310 e. The molecule has 1 N–H and O–H groups in total. The minimum absolute atomic E-state index is 0.518. The lowest BCUT2D eigenvalue weighted by atomic mass is 10.0. The van der Waals surface area contributed by atoms with Crippen LogP contribution in [-0.2, 0) is 0 Å². The van der Waals surface area contributed by atoms with Gasteiger partial charge in [0, 0.05) is 6.04 Å². The summed E-state index contributed by atoms with van der Waals surface area (Å²) in [5.41, 5.74) is 1.41. The molecule has 15 heavy (non-hydrogen) atoms. The average molecular weight is 205 g/mol. The van der Waals surface area contributed by atoms with Gasteiger partial charge in [-0.3, -0.25) is 0 Å². The summed E-state index contributed by atoms with van der Waals surface area (Å²) in [5, 5.41) is 3.62. The van der Waals surface area contributed by atoms with E-state index in [2.05, 4.69) is 56.4 Å². The molecule has 0 fully saturated rings. The molecule has 0 bridgehead atoms. The van der Waals surface area contributed by atoms with Gasteiger partial charge in [-0.2, -0.15) is 0 Å². The van der Waals surface area contributed by atoms with Gasteiger partial charge < -0.3 is 5.32 Å². The summed E-state index contributed by atoms with van der Waals surface area (Å²) in [5.74, 6) is 0.783. The molecule has 1 atom stereocenters. The van der Waals surface area contributed by atoms with Crippen molar-refractivity contribution < 1.29 is 0 Å². The standard InChI is InChI=1S/C14H23N/c1-4-14(15-11-10-12(2)3)13-8-6-5-7-9-13/h5-9,12,14-15H,4,10-11H2,1-3H3/t14-/m1/s1. The van der Waals surface area contributed by atoms with Gasteiger partial charge >= 0.3 is 0 Å². The average Bonchev–Trinajstić information content (AvgIpc) is 2.25. The molecule has 1 nitrogen and oxygen atoms in total. The van der Waals surface area contributed by atoms with E-state index in [1.54, 1.807) is 0 Å². The third-order valence-electron chi connectivity index (χ3n) is 2.72. The van der Waals surface area contributed by atoms with Crippen molar-refractivity contribution in [1.82, 2.24) is 5.32 Å². The van der Waals surface area contributed by atoms with Crippen molar-refractivity contribution in [1.29, 1.82) is 0 Å². The number of hydrogen-bond acceptors (Lipinski definition) is 1. The number of hydrogen-bond donors (Lipinski definition) is 1. The first kappa shape index (κ1) is 12.3. The fourth-order valence-electron chi connectivity index (χ4n) is 1.73. The van der Waals surface area contributed by atoms with Gasteiger partial charge in [-0.25, -0.2) is 0 Å². The van der Waals surface area contributed by atoms with Crippen molar-refractivity contribution in [2.24, 2.45) is 5.92 Å². The molecule has 0 radical (unpaired) electrons. The molecule has 0 aliphatic carbocycles. The summed E-state index contributed by atoms with van der Waals surface area (Å²) in [7, 11) is 0. The Morgan fingerprint density at radius 3 is 2.33 bits per heavy atom. The Labute approximate surface area is 93.9 Å². The molecular formula is C14H23N. The van der Waals surface area contributed by atoms with Crippen LogP contribution in [0.3, 0.4) is 0 Å². The van der Waals surface area contributed by atoms with Gasteiger partial charge in [-0.15, -0.1) is 0 Å². The number of rotatable bonds is 6. The van der Waals surface area contributed by atoms with Crippen LogP contribution in [0.2, 0.25) is 0 Å². The highest BCUT2D eigenvalue weighted by atomic mass is 14.9. The predicted molar refractivity (Wildman–Crippen MR) is 66.9 cm³/mol. The maximum Gasteiger partial charge on any atom is 0.0317 e. The Morgan fingerprint density at radius 2 is 1.80 bits per heavy atom. The van der Waals surface area contributed by atoms with Crippen LogP contribution in [0.25, 0.3) is 0 Å². The zero-order valence-electron chi connectivity index (χ0n) is 10.2. The van der Waals surface area contributed by atoms with Crippen LogP contribution in [0.15, 0.2) is 30.3 Å². The highest BCUT2D eigenvalue weighted by Gasteiger charge is 2.07. The summed E-state index contributed by atoms with van der Waals surface area (Å²) in [4.78, 5) is 0. The van der Waals surface area contributed by atoms with Crippen LogP contribution in [0, 0.1) is 5.92 Å². The van der Waals surface area contributed by atoms with E-state index in [1.807, 2.05) is 0 Å². The third-order valence-corrected chi connectivity index (χ3v) is 2.72. The molecule has 1 heteroatoms. The molecule has 0 saturated heterocycles. The van der Waals surface area contributed by atoms with Gasteiger partial charge in [0.1, 0.15) is 0 Å². The third kappa shape index (κ3) is 4.48. The van der Waals surface area contributed by atoms with Crippen molar-refractivity contribution in [2.75, 3.05) is 6.54 Å². The first-order chi connectivity index (χ1) is 7.24. The van der Waals surface area contributed by atoms with Crippen LogP contribution >= 0.6 is 0 Å². The lowest BCUT2D eigenvalue weighted by molar-refractivity contribution is 0.470. The Bertz CT molecular complexity index is 253. The maximum atomic E-state index is 3.62. The molecule has 0 saturated carbocycles. The van der Waals surface area contributed by atoms with E-state index in [-0.39, 0.29) is 0 Å². The van der Waals surface area contributed by atoms with E-state index in [9.17, 15) is 0 Å². The fourth-order valence-corrected chi connectivity index (χ4v) is 1.73. The molecule has 0 amide bonds. The highest BCUT2D eigenvalue weighted by molar-refractivity contribution is 5.18. The van der Waals surface area contributed by atoms with E-state index < -0.39 is 0 Å². The summed E-state index contributed by atoms with van der Waals surface area (Å²) in [6, 6.07) is 11.2. The van der Waals surface area contributed by atoms with Crippen LogP contribution < -0.4 is 5.32 Å². The lowest BCUT2D eigenvalue weighted by Crippen LogP contribution is -2.22. The topological polar surface area (TPSA) is 12.0 Å². The Balaban J connectivity index is 2.43. The molecule has 1 aromatic carbocycles. The first-order valence-electron chi connectivity index (χ1n) is 6.02. The minimum atomic E-state index is 0.518. The highest BCUT2D eigenvalue weighted by Crippen LogP contribution is 2.15. The molecular weight excluding hydrogens is 182 g/mol. The van der Waals surface area contributed by atoms with E-state index >= 15 is 0 Å². The number of nitrogens with one attached hydrogen (secondary N) is 1. The van der Waals surface area contributed by atoms with Gasteiger partial charge in [0.05, 0.1) is 0 Å². The molecule has 0 unspecified atom stereocenters. The Morgan fingerprint density at radius 1 is 1.13 bits per heavy atom. The molecule has 0 aliphatic rings. The molecule has 1 aromatic rings. The summed E-state index contributed by atoms with van der Waals surface area (Å²) >= 11 is 0. The van der Waals surface area contributed by atoms with E-state index in [1.165, 1.54) is 12.0 Å². The van der Waals surface area contributed by atoms with Crippen molar-refractivity contribution >= 4 is 0 Å². The summed E-state index contributed by atoms with van der Waals surface area (Å²) < 4.78 is 0. The van der Waals surface area contributed by atoms with Gasteiger partial charge in [0.15, 0.2) is 0 Å². The van der Waals surface area contributed by atoms with E-state index in [0.29, 0.717) is 6.04 Å². The molecule has 0 spiro atoms. The SMILES string of the molecule is CC[C@@H](NCCC(C)C)c1ccccc1. The fraction of sp³-hybridized carbons (Fsp3) is 0.571. The maximum absolute atomic E-state index is 3.62. The van der Waals surface area contributed by atoms with Crippen LogP contribution in [-0.4, -0.2) is 6.54 Å². The Kier molecular flexibility index (Phi) is 5.41. The molecule has 84 valence electrons. The van der Waals surface area contributed by atoms with Gasteiger partial charge in [0.25, 0.3) is 0 Å². The summed E-state index contributed by atoms with van der Waals surface area (Å²) in [6.45, 7) is 7.89. The molecule has 0 heterocycles. The van der Waals surface area contributed by atoms with Gasteiger partial charge in [-0.1, -0.05) is 51.1 Å². The molecule has 0 aliphatic heterocycles. The van der Waals surface area contributed by atoms with Gasteiger partial charge in [-0.05, 0) is 30.9 Å². The first-order valence-corrected chi connectivity index (χ1v) is 6.02. The predicted octanol–water partition coefficient (Wildman–Crippen LogP) is 3.77. The largest absolute Gasteiger partial charge is 0.310 e. The quantitative estimate of drug-likeness (QED) is 0.745. The molecule has 0 aromatic heterocycles. The van der Waals surface area contributed by atoms with Crippen molar-refractivity contribution in [3.63, 3.8) is 0 Å². The van der Waals surface area contributed by atoms with Gasteiger partial charge in [0.2, 0.25) is 0 Å². The van der Waals surface area contributed by atoms with E-state index in [0.717, 1.165) is 18.9 Å². The van der Waals surface area contributed by atoms with Crippen LogP contribution in [0.5, 0.6) is 0 Å². The lowest BCUT2D eigenvalue weighted by Gasteiger charge is -2.18. The van der Waals surface area contributed by atoms with Crippen molar-refractivity contribution in [2.45, 2.75) is 39.7 Å². The second-order valence-electron chi connectivity index (χ2n) is 4.51. The zero-order chi connectivity index (χ0) is 11.1. The van der Waals surface area contributed by atoms with Crippen LogP contribution in [0.4, 0.5) is 0 Å². The molecule has 1 rings (SSSR count). The summed E-state index contributed by atoms with van der Waals surface area (Å²) in [6.07, 6.45) is 2.41. The second kappa shape index (κ2) is 6.62. The monoisotopic (exact) mass is 205 g/mol. The van der Waals surface area contributed by atoms with Crippen molar-refractivity contribution in [3.05, 3.63) is 35.9 Å². The van der Waals surface area contributed by atoms with Crippen LogP contribution in [0.1, 0.15) is 45.2 Å². The smallest absolute Gasteiger partial charge is 0.0317 e. The van der Waals surface area contributed by atoms with Crippen molar-refractivity contribution in [3.8, 4) is 0 Å². The number of benzene rings is 1. The Hall–Kier alpha value is -0.820. The van der Waals surface area contributed by atoms with E-state index in [4.69, 9.17) is 0 Å². The second-order valence-corrected chi connectivity index (χ2v) is 4.51.